The minimum absolute atomic E-state index is 0.169. The summed E-state index contributed by atoms with van der Waals surface area (Å²) in [5.41, 5.74) is 1.62. The van der Waals surface area contributed by atoms with E-state index in [4.69, 9.17) is 0 Å². The summed E-state index contributed by atoms with van der Waals surface area (Å²) in [6.07, 6.45) is 2.63. The maximum absolute atomic E-state index is 11.6. The van der Waals surface area contributed by atoms with Crippen LogP contribution in [0.2, 0.25) is 6.82 Å². The van der Waals surface area contributed by atoms with Crippen LogP contribution in [0, 0.1) is 0 Å². The fourth-order valence-electron chi connectivity index (χ4n) is 1.30. The number of Topliss-reactive ketones (excluding diaryl/α,β-unsaturated/α-hetero) is 1. The summed E-state index contributed by atoms with van der Waals surface area (Å²) < 4.78 is 0. The van der Waals surface area contributed by atoms with E-state index in [9.17, 15) is 4.79 Å². The quantitative estimate of drug-likeness (QED) is 0.519. The van der Waals surface area contributed by atoms with Crippen LogP contribution in [0.15, 0.2) is 18.2 Å². The third-order valence-corrected chi connectivity index (χ3v) is 2.21. The zero-order valence-corrected chi connectivity index (χ0v) is 8.92. The van der Waals surface area contributed by atoms with Crippen molar-refractivity contribution in [2.24, 2.45) is 0 Å². The number of unbranched alkanes of at least 4 members (excludes halogenated alkanes) is 1. The number of aromatic nitrogens is 1. The lowest BCUT2D eigenvalue weighted by molar-refractivity contribution is 0.0975. The maximum Gasteiger partial charge on any atom is 0.181 e. The highest BCUT2D eigenvalue weighted by Crippen LogP contribution is 2.02. The van der Waals surface area contributed by atoms with E-state index in [1.807, 2.05) is 19.0 Å². The molecule has 0 aliphatic carbocycles. The molecular formula is C11H16BNO. The molecule has 1 aromatic heterocycles. The van der Waals surface area contributed by atoms with E-state index in [2.05, 4.69) is 11.9 Å². The largest absolute Gasteiger partial charge is 0.292 e. The Labute approximate surface area is 86.0 Å². The van der Waals surface area contributed by atoms with E-state index in [1.165, 1.54) is 0 Å². The predicted octanol–water partition coefficient (Wildman–Crippen LogP) is 1.56. The van der Waals surface area contributed by atoms with Gasteiger partial charge >= 0.3 is 0 Å². The minimum atomic E-state index is 0.169. The highest BCUT2D eigenvalue weighted by Gasteiger charge is 2.06. The van der Waals surface area contributed by atoms with Gasteiger partial charge in [0.2, 0.25) is 0 Å². The summed E-state index contributed by atoms with van der Waals surface area (Å²) in [5, 5.41) is 0. The summed E-state index contributed by atoms with van der Waals surface area (Å²) in [7, 11) is 0.884. The Morgan fingerprint density at radius 1 is 1.50 bits per heavy atom. The molecule has 0 bridgehead atoms. The molecule has 74 valence electrons. The van der Waals surface area contributed by atoms with Gasteiger partial charge in [-0.1, -0.05) is 32.3 Å². The van der Waals surface area contributed by atoms with Gasteiger partial charge in [-0.05, 0) is 12.5 Å². The normalized spacial score (nSPS) is 9.86. The molecule has 0 atom stereocenters. The summed E-state index contributed by atoms with van der Waals surface area (Å²) in [6, 6.07) is 5.67. The minimum Gasteiger partial charge on any atom is -0.292 e. The van der Waals surface area contributed by atoms with Crippen LogP contribution in [0.4, 0.5) is 0 Å². The Balaban J connectivity index is 2.69. The van der Waals surface area contributed by atoms with Crippen molar-refractivity contribution in [2.75, 3.05) is 0 Å². The standard InChI is InChI=1S/C11H16BNO/c1-3-4-7-10(14)9-6-5-8-11(12-2)13-9/h5-6,8,12H,3-4,7H2,1-2H3. The zero-order chi connectivity index (χ0) is 10.4. The molecule has 0 saturated carbocycles. The van der Waals surface area contributed by atoms with E-state index < -0.39 is 0 Å². The number of nitrogens with zero attached hydrogens (tertiary/aromatic N) is 1. The van der Waals surface area contributed by atoms with Crippen molar-refractivity contribution in [2.45, 2.75) is 33.0 Å². The molecule has 0 fully saturated rings. The van der Waals surface area contributed by atoms with Crippen LogP contribution in [0.5, 0.6) is 0 Å². The number of carbonyl (C=O) groups excluding carboxylic acids is 1. The molecule has 1 rings (SSSR count). The molecule has 1 heterocycles. The summed E-state index contributed by atoms with van der Waals surface area (Å²) in [4.78, 5) is 15.9. The molecule has 2 nitrogen and oxygen atoms in total. The molecule has 0 radical (unpaired) electrons. The summed E-state index contributed by atoms with van der Waals surface area (Å²) in [5.74, 6) is 0.169. The van der Waals surface area contributed by atoms with Gasteiger partial charge in [-0.2, -0.15) is 0 Å². The highest BCUT2D eigenvalue weighted by atomic mass is 16.1. The molecular weight excluding hydrogens is 173 g/mol. The van der Waals surface area contributed by atoms with Crippen molar-refractivity contribution < 1.29 is 4.79 Å². The first-order valence-corrected chi connectivity index (χ1v) is 5.27. The van der Waals surface area contributed by atoms with E-state index in [0.717, 1.165) is 25.7 Å². The second-order valence-corrected chi connectivity index (χ2v) is 3.39. The molecule has 0 spiro atoms. The van der Waals surface area contributed by atoms with Gasteiger partial charge in [-0.25, -0.2) is 0 Å². The first-order chi connectivity index (χ1) is 6.77. The van der Waals surface area contributed by atoms with Crippen LogP contribution >= 0.6 is 0 Å². The van der Waals surface area contributed by atoms with Gasteiger partial charge in [0.1, 0.15) is 5.69 Å². The number of hydrogen-bond donors (Lipinski definition) is 0. The fourth-order valence-corrected chi connectivity index (χ4v) is 1.30. The Morgan fingerprint density at radius 3 is 2.93 bits per heavy atom. The summed E-state index contributed by atoms with van der Waals surface area (Å²) in [6.45, 7) is 4.13. The van der Waals surface area contributed by atoms with Gasteiger partial charge in [0.25, 0.3) is 0 Å². The van der Waals surface area contributed by atoms with Crippen molar-refractivity contribution >= 4 is 18.7 Å². The van der Waals surface area contributed by atoms with Crippen LogP contribution < -0.4 is 5.59 Å². The number of carbonyl (C=O) groups is 1. The van der Waals surface area contributed by atoms with E-state index in [1.54, 1.807) is 6.07 Å². The Bertz CT molecular complexity index is 312. The van der Waals surface area contributed by atoms with Gasteiger partial charge < -0.3 is 0 Å². The molecule has 14 heavy (non-hydrogen) atoms. The number of ketones is 1. The van der Waals surface area contributed by atoms with Crippen LogP contribution in [0.25, 0.3) is 0 Å². The Morgan fingerprint density at radius 2 is 2.29 bits per heavy atom. The third-order valence-electron chi connectivity index (χ3n) is 2.21. The van der Waals surface area contributed by atoms with Crippen LogP contribution in [-0.4, -0.2) is 18.0 Å². The van der Waals surface area contributed by atoms with Crippen LogP contribution in [-0.2, 0) is 0 Å². The van der Waals surface area contributed by atoms with Crippen molar-refractivity contribution in [1.82, 2.24) is 4.98 Å². The first kappa shape index (κ1) is 11.0. The van der Waals surface area contributed by atoms with E-state index in [0.29, 0.717) is 12.1 Å². The monoisotopic (exact) mass is 189 g/mol. The van der Waals surface area contributed by atoms with Gasteiger partial charge in [0, 0.05) is 12.0 Å². The van der Waals surface area contributed by atoms with Crippen LogP contribution in [0.1, 0.15) is 36.7 Å². The highest BCUT2D eigenvalue weighted by molar-refractivity contribution is 6.50. The van der Waals surface area contributed by atoms with Crippen molar-refractivity contribution in [3.05, 3.63) is 23.9 Å². The molecule has 3 heteroatoms. The third kappa shape index (κ3) is 2.98. The number of rotatable bonds is 5. The predicted molar refractivity (Wildman–Crippen MR) is 60.7 cm³/mol. The van der Waals surface area contributed by atoms with E-state index >= 15 is 0 Å². The van der Waals surface area contributed by atoms with Crippen molar-refractivity contribution in [1.29, 1.82) is 0 Å². The fraction of sp³-hybridized carbons (Fsp3) is 0.455. The number of hydrogen-bond acceptors (Lipinski definition) is 2. The topological polar surface area (TPSA) is 30.0 Å². The first-order valence-electron chi connectivity index (χ1n) is 5.27. The molecule has 0 aliphatic rings. The second-order valence-electron chi connectivity index (χ2n) is 3.39. The average molecular weight is 189 g/mol. The van der Waals surface area contributed by atoms with Crippen molar-refractivity contribution in [3.63, 3.8) is 0 Å². The molecule has 0 N–H and O–H groups in total. The van der Waals surface area contributed by atoms with Crippen LogP contribution in [0.3, 0.4) is 0 Å². The van der Waals surface area contributed by atoms with Gasteiger partial charge in [-0.15, -0.1) is 0 Å². The molecule has 0 saturated heterocycles. The van der Waals surface area contributed by atoms with Crippen molar-refractivity contribution in [3.8, 4) is 0 Å². The Hall–Kier alpha value is -1.12. The molecule has 0 aromatic carbocycles. The smallest absolute Gasteiger partial charge is 0.181 e. The lowest BCUT2D eigenvalue weighted by atomic mass is 9.77. The molecule has 0 amide bonds. The van der Waals surface area contributed by atoms with Gasteiger partial charge in [0.15, 0.2) is 13.1 Å². The molecule has 0 aliphatic heterocycles. The average Bonchev–Trinajstić information content (AvgIpc) is 2.26. The van der Waals surface area contributed by atoms with E-state index in [-0.39, 0.29) is 5.78 Å². The van der Waals surface area contributed by atoms with Gasteiger partial charge in [0.05, 0.1) is 0 Å². The lowest BCUT2D eigenvalue weighted by Gasteiger charge is -2.01. The zero-order valence-electron chi connectivity index (χ0n) is 8.92. The lowest BCUT2D eigenvalue weighted by Crippen LogP contribution is -2.18. The SMILES string of the molecule is CBc1cccc(C(=O)CCCC)n1. The molecule has 1 aromatic rings. The second kappa shape index (κ2) is 5.58. The maximum atomic E-state index is 11.6. The summed E-state index contributed by atoms with van der Waals surface area (Å²) >= 11 is 0. The molecule has 0 unspecified atom stereocenters. The number of pyridine rings is 1. The van der Waals surface area contributed by atoms with Gasteiger partial charge in [-0.3, -0.25) is 9.78 Å². The Kier molecular flexibility index (Phi) is 4.37.